The fourth-order valence-electron chi connectivity index (χ4n) is 2.92. The fourth-order valence-corrected chi connectivity index (χ4v) is 3.75. The molecule has 4 rings (SSSR count). The van der Waals surface area contributed by atoms with E-state index >= 15 is 0 Å². The predicted octanol–water partition coefficient (Wildman–Crippen LogP) is 5.13. The molecule has 1 aliphatic heterocycles. The molecule has 3 aromatic carbocycles. The molecule has 0 aromatic heterocycles. The topological polar surface area (TPSA) is 50.7 Å². The Morgan fingerprint density at radius 3 is 2.63 bits per heavy atom. The lowest BCUT2D eigenvalue weighted by Gasteiger charge is -2.11. The summed E-state index contributed by atoms with van der Waals surface area (Å²) >= 11 is 1.34. The number of benzene rings is 3. The minimum Gasteiger partial charge on any atom is -0.493 e. The molecule has 0 spiro atoms. The number of carbonyl (C=O) groups excluding carboxylic acids is 1. The van der Waals surface area contributed by atoms with Gasteiger partial charge in [-0.3, -0.25) is 4.79 Å². The predicted molar refractivity (Wildman–Crippen MR) is 112 cm³/mol. The first kappa shape index (κ1) is 17.4. The van der Waals surface area contributed by atoms with E-state index in [0.29, 0.717) is 16.7 Å². The number of hydrogen-bond donors (Lipinski definition) is 1. The lowest BCUT2D eigenvalue weighted by molar-refractivity contribution is -0.115. The van der Waals surface area contributed by atoms with E-state index in [1.165, 1.54) is 11.8 Å². The van der Waals surface area contributed by atoms with Crippen LogP contribution in [-0.2, 0) is 4.79 Å². The van der Waals surface area contributed by atoms with E-state index in [4.69, 9.17) is 4.74 Å². The minimum absolute atomic E-state index is 0.148. The van der Waals surface area contributed by atoms with Gasteiger partial charge in [0.1, 0.15) is 5.75 Å². The molecule has 0 radical (unpaired) electrons. The maximum Gasteiger partial charge on any atom is 0.264 e. The number of fused-ring (bicyclic) bond motifs is 1. The second-order valence-electron chi connectivity index (χ2n) is 5.96. The number of nitrogens with one attached hydrogen (secondary N) is 1. The van der Waals surface area contributed by atoms with E-state index in [9.17, 15) is 4.79 Å². The number of thioether (sulfide) groups is 1. The standard InChI is InChI=1S/C22H18N2O2S/c1-2-26-20-16(13-12-15-8-6-7-11-18(15)20)14-19-21(25)24-22(27-19)23-17-9-4-3-5-10-17/h3-14H,2H2,1H3,(H,23,24,25). The van der Waals surface area contributed by atoms with Crippen LogP contribution in [-0.4, -0.2) is 17.7 Å². The van der Waals surface area contributed by atoms with Gasteiger partial charge in [-0.1, -0.05) is 54.6 Å². The van der Waals surface area contributed by atoms with Crippen LogP contribution in [0.4, 0.5) is 5.69 Å². The van der Waals surface area contributed by atoms with Crippen LogP contribution in [0.2, 0.25) is 0 Å². The molecule has 0 saturated carbocycles. The summed E-state index contributed by atoms with van der Waals surface area (Å²) in [6, 6.07) is 21.7. The van der Waals surface area contributed by atoms with Crippen molar-refractivity contribution in [2.24, 2.45) is 4.99 Å². The Kier molecular flexibility index (Phi) is 4.94. The lowest BCUT2D eigenvalue weighted by Crippen LogP contribution is -2.19. The van der Waals surface area contributed by atoms with Gasteiger partial charge in [0.05, 0.1) is 17.2 Å². The Labute approximate surface area is 162 Å². The van der Waals surface area contributed by atoms with E-state index in [1.807, 2.05) is 73.7 Å². The monoisotopic (exact) mass is 374 g/mol. The highest BCUT2D eigenvalue weighted by Gasteiger charge is 2.24. The molecule has 134 valence electrons. The van der Waals surface area contributed by atoms with Gasteiger partial charge < -0.3 is 10.1 Å². The van der Waals surface area contributed by atoms with Gasteiger partial charge in [-0.25, -0.2) is 4.99 Å². The van der Waals surface area contributed by atoms with Crippen LogP contribution in [0.3, 0.4) is 0 Å². The molecule has 1 heterocycles. The Hall–Kier alpha value is -3.05. The van der Waals surface area contributed by atoms with Crippen LogP contribution in [0.5, 0.6) is 5.75 Å². The van der Waals surface area contributed by atoms with Gasteiger partial charge in [-0.15, -0.1) is 0 Å². The summed E-state index contributed by atoms with van der Waals surface area (Å²) in [5.41, 5.74) is 1.69. The first-order valence-electron chi connectivity index (χ1n) is 8.74. The minimum atomic E-state index is -0.148. The molecule has 0 bridgehead atoms. The van der Waals surface area contributed by atoms with Crippen LogP contribution in [0.25, 0.3) is 16.8 Å². The molecule has 1 fully saturated rings. The molecule has 4 nitrogen and oxygen atoms in total. The third kappa shape index (κ3) is 3.73. The van der Waals surface area contributed by atoms with Crippen molar-refractivity contribution in [3.05, 3.63) is 77.2 Å². The van der Waals surface area contributed by atoms with Gasteiger partial charge in [0.15, 0.2) is 5.17 Å². The highest BCUT2D eigenvalue weighted by Crippen LogP contribution is 2.34. The number of ether oxygens (including phenoxy) is 1. The molecular formula is C22H18N2O2S. The molecule has 1 N–H and O–H groups in total. The van der Waals surface area contributed by atoms with Crippen LogP contribution in [0, 0.1) is 0 Å². The van der Waals surface area contributed by atoms with Gasteiger partial charge in [0.25, 0.3) is 5.91 Å². The summed E-state index contributed by atoms with van der Waals surface area (Å²) < 4.78 is 5.90. The van der Waals surface area contributed by atoms with Crippen LogP contribution >= 0.6 is 11.8 Å². The van der Waals surface area contributed by atoms with E-state index in [0.717, 1.165) is 27.8 Å². The second kappa shape index (κ2) is 7.68. The number of carbonyl (C=O) groups is 1. The molecule has 0 unspecified atom stereocenters. The molecule has 1 amide bonds. The summed E-state index contributed by atoms with van der Waals surface area (Å²) in [6.45, 7) is 2.52. The molecule has 27 heavy (non-hydrogen) atoms. The zero-order chi connectivity index (χ0) is 18.6. The van der Waals surface area contributed by atoms with E-state index in [1.54, 1.807) is 0 Å². The Balaban J connectivity index is 1.70. The number of rotatable bonds is 4. The zero-order valence-electron chi connectivity index (χ0n) is 14.8. The second-order valence-corrected chi connectivity index (χ2v) is 6.99. The SMILES string of the molecule is CCOc1c(C=C2SC(=Nc3ccccc3)NC2=O)ccc2ccccc12. The number of aliphatic imine (C=N–C) groups is 1. The molecule has 5 heteroatoms. The average Bonchev–Trinajstić information content (AvgIpc) is 3.03. The van der Waals surface area contributed by atoms with Gasteiger partial charge in [-0.2, -0.15) is 0 Å². The number of hydrogen-bond acceptors (Lipinski definition) is 4. The number of amides is 1. The van der Waals surface area contributed by atoms with Crippen LogP contribution in [0.15, 0.2) is 76.6 Å². The highest BCUT2D eigenvalue weighted by atomic mass is 32.2. The molecular weight excluding hydrogens is 356 g/mol. The Bertz CT molecular complexity index is 1060. The Morgan fingerprint density at radius 1 is 1.04 bits per heavy atom. The number of amidine groups is 1. The summed E-state index contributed by atoms with van der Waals surface area (Å²) in [5.74, 6) is 0.648. The first-order chi connectivity index (χ1) is 13.2. The molecule has 3 aromatic rings. The fraction of sp³-hybridized carbons (Fsp3) is 0.0909. The smallest absolute Gasteiger partial charge is 0.264 e. The van der Waals surface area contributed by atoms with Crippen LogP contribution < -0.4 is 10.1 Å². The maximum absolute atomic E-state index is 12.4. The normalized spacial score (nSPS) is 16.9. The molecule has 0 atom stereocenters. The van der Waals surface area contributed by atoms with Crippen molar-refractivity contribution in [2.45, 2.75) is 6.92 Å². The maximum atomic E-state index is 12.4. The summed E-state index contributed by atoms with van der Waals surface area (Å²) in [5, 5.41) is 5.55. The number of para-hydroxylation sites is 1. The van der Waals surface area contributed by atoms with Crippen LogP contribution in [0.1, 0.15) is 12.5 Å². The van der Waals surface area contributed by atoms with E-state index < -0.39 is 0 Å². The van der Waals surface area contributed by atoms with Crippen molar-refractivity contribution in [3.63, 3.8) is 0 Å². The molecule has 0 aliphatic carbocycles. The zero-order valence-corrected chi connectivity index (χ0v) is 15.6. The van der Waals surface area contributed by atoms with Gasteiger partial charge >= 0.3 is 0 Å². The average molecular weight is 374 g/mol. The van der Waals surface area contributed by atoms with Gasteiger partial charge in [0, 0.05) is 10.9 Å². The third-order valence-electron chi connectivity index (χ3n) is 4.12. The van der Waals surface area contributed by atoms with Crippen molar-refractivity contribution < 1.29 is 9.53 Å². The highest BCUT2D eigenvalue weighted by molar-refractivity contribution is 8.18. The van der Waals surface area contributed by atoms with Gasteiger partial charge in [0.2, 0.25) is 0 Å². The summed E-state index contributed by atoms with van der Waals surface area (Å²) in [6.07, 6.45) is 1.87. The lowest BCUT2D eigenvalue weighted by atomic mass is 10.0. The molecule has 1 saturated heterocycles. The van der Waals surface area contributed by atoms with Crippen molar-refractivity contribution in [1.29, 1.82) is 0 Å². The van der Waals surface area contributed by atoms with Crippen molar-refractivity contribution in [2.75, 3.05) is 6.61 Å². The summed E-state index contributed by atoms with van der Waals surface area (Å²) in [4.78, 5) is 17.5. The van der Waals surface area contributed by atoms with E-state index in [2.05, 4.69) is 16.4 Å². The van der Waals surface area contributed by atoms with Gasteiger partial charge in [-0.05, 0) is 42.3 Å². The summed E-state index contributed by atoms with van der Waals surface area (Å²) in [7, 11) is 0. The third-order valence-corrected chi connectivity index (χ3v) is 5.03. The molecule has 1 aliphatic rings. The number of nitrogens with zero attached hydrogens (tertiary/aromatic N) is 1. The van der Waals surface area contributed by atoms with Crippen molar-refractivity contribution >= 4 is 45.4 Å². The first-order valence-corrected chi connectivity index (χ1v) is 9.55. The van der Waals surface area contributed by atoms with Crippen molar-refractivity contribution in [1.82, 2.24) is 5.32 Å². The Morgan fingerprint density at radius 2 is 1.81 bits per heavy atom. The largest absolute Gasteiger partial charge is 0.493 e. The van der Waals surface area contributed by atoms with Crippen molar-refractivity contribution in [3.8, 4) is 5.75 Å². The quantitative estimate of drug-likeness (QED) is 0.644. The van der Waals surface area contributed by atoms with E-state index in [-0.39, 0.29) is 5.91 Å².